The first-order valence-electron chi connectivity index (χ1n) is 5.51. The van der Waals surface area contributed by atoms with E-state index < -0.39 is 0 Å². The topological polar surface area (TPSA) is 0 Å². The molecule has 1 aliphatic rings. The second-order valence-electron chi connectivity index (χ2n) is 4.72. The number of thiophene rings is 1. The zero-order chi connectivity index (χ0) is 10.9. The van der Waals surface area contributed by atoms with Crippen molar-refractivity contribution in [2.45, 2.75) is 44.4 Å². The summed E-state index contributed by atoms with van der Waals surface area (Å²) in [5.41, 5.74) is 0.310. The van der Waals surface area contributed by atoms with Crippen molar-refractivity contribution >= 4 is 38.9 Å². The summed E-state index contributed by atoms with van der Waals surface area (Å²) < 4.78 is 1.18. The van der Waals surface area contributed by atoms with Crippen LogP contribution in [0.2, 0.25) is 0 Å². The molecule has 1 saturated carbocycles. The van der Waals surface area contributed by atoms with Crippen molar-refractivity contribution in [3.8, 4) is 0 Å². The number of hydrogen-bond acceptors (Lipinski definition) is 1. The van der Waals surface area contributed by atoms with Gasteiger partial charge in [0.2, 0.25) is 0 Å². The van der Waals surface area contributed by atoms with Crippen LogP contribution in [0, 0.1) is 5.41 Å². The molecule has 0 radical (unpaired) electrons. The predicted octanol–water partition coefficient (Wildman–Crippen LogP) is 5.76. The molecule has 1 aromatic heterocycles. The zero-order valence-electron chi connectivity index (χ0n) is 8.93. The average molecular weight is 308 g/mol. The molecule has 0 amide bonds. The van der Waals surface area contributed by atoms with E-state index in [9.17, 15) is 0 Å². The SMILES string of the molecule is CC1(C(Cl)c2ccc(Br)s2)CCCCC1. The van der Waals surface area contributed by atoms with E-state index in [0.717, 1.165) is 0 Å². The first kappa shape index (κ1) is 11.9. The highest BCUT2D eigenvalue weighted by Crippen LogP contribution is 2.50. The molecule has 2 rings (SSSR count). The minimum absolute atomic E-state index is 0.189. The monoisotopic (exact) mass is 306 g/mol. The van der Waals surface area contributed by atoms with Crippen LogP contribution in [0.1, 0.15) is 49.3 Å². The molecular weight excluding hydrogens is 292 g/mol. The van der Waals surface area contributed by atoms with Crippen LogP contribution in [-0.2, 0) is 0 Å². The number of halogens is 2. The maximum Gasteiger partial charge on any atom is 0.0732 e. The number of rotatable bonds is 2. The average Bonchev–Trinajstić information content (AvgIpc) is 2.65. The van der Waals surface area contributed by atoms with E-state index in [1.165, 1.54) is 40.8 Å². The minimum Gasteiger partial charge on any atom is -0.132 e. The third-order valence-electron chi connectivity index (χ3n) is 3.45. The van der Waals surface area contributed by atoms with Crippen LogP contribution in [0.25, 0.3) is 0 Å². The first-order chi connectivity index (χ1) is 7.12. The normalized spacial score (nSPS) is 22.6. The highest BCUT2D eigenvalue weighted by Gasteiger charge is 2.35. The quantitative estimate of drug-likeness (QED) is 0.609. The maximum absolute atomic E-state index is 6.63. The Hall–Kier alpha value is 0.470. The fourth-order valence-corrected chi connectivity index (χ4v) is 4.42. The van der Waals surface area contributed by atoms with Gasteiger partial charge in [-0.15, -0.1) is 22.9 Å². The lowest BCUT2D eigenvalue weighted by Crippen LogP contribution is -2.24. The van der Waals surface area contributed by atoms with Gasteiger partial charge in [-0.25, -0.2) is 0 Å². The van der Waals surface area contributed by atoms with Crippen LogP contribution in [0.15, 0.2) is 15.9 Å². The van der Waals surface area contributed by atoms with Crippen molar-refractivity contribution in [2.24, 2.45) is 5.41 Å². The fraction of sp³-hybridized carbons (Fsp3) is 0.667. The molecule has 1 aromatic rings. The first-order valence-corrected chi connectivity index (χ1v) is 7.56. The second-order valence-corrected chi connectivity index (χ2v) is 7.65. The second kappa shape index (κ2) is 4.77. The Balaban J connectivity index is 2.15. The summed E-state index contributed by atoms with van der Waals surface area (Å²) in [7, 11) is 0. The van der Waals surface area contributed by atoms with Crippen molar-refractivity contribution in [3.05, 3.63) is 20.8 Å². The van der Waals surface area contributed by atoms with Crippen LogP contribution in [0.3, 0.4) is 0 Å². The Morgan fingerprint density at radius 1 is 1.33 bits per heavy atom. The van der Waals surface area contributed by atoms with Crippen LogP contribution < -0.4 is 0 Å². The molecule has 0 saturated heterocycles. The smallest absolute Gasteiger partial charge is 0.0732 e. The standard InChI is InChI=1S/C12H16BrClS/c1-12(7-3-2-4-8-12)11(14)9-5-6-10(13)15-9/h5-6,11H,2-4,7-8H2,1H3. The molecule has 0 nitrogen and oxygen atoms in total. The van der Waals surface area contributed by atoms with Gasteiger partial charge in [0.1, 0.15) is 0 Å². The van der Waals surface area contributed by atoms with Crippen molar-refractivity contribution in [1.82, 2.24) is 0 Å². The summed E-state index contributed by atoms with van der Waals surface area (Å²) in [5, 5.41) is 0.189. The summed E-state index contributed by atoms with van der Waals surface area (Å²) in [6, 6.07) is 4.26. The Labute approximate surface area is 109 Å². The molecule has 0 N–H and O–H groups in total. The van der Waals surface area contributed by atoms with E-state index in [0.29, 0.717) is 5.41 Å². The van der Waals surface area contributed by atoms with E-state index >= 15 is 0 Å². The molecule has 1 heterocycles. The molecule has 0 spiro atoms. The van der Waals surface area contributed by atoms with E-state index in [1.54, 1.807) is 11.3 Å². The molecule has 3 heteroatoms. The zero-order valence-corrected chi connectivity index (χ0v) is 12.1. The van der Waals surface area contributed by atoms with Crippen molar-refractivity contribution in [1.29, 1.82) is 0 Å². The highest BCUT2D eigenvalue weighted by molar-refractivity contribution is 9.11. The lowest BCUT2D eigenvalue weighted by atomic mass is 9.73. The summed E-state index contributed by atoms with van der Waals surface area (Å²) in [5.74, 6) is 0. The third kappa shape index (κ3) is 2.59. The molecule has 84 valence electrons. The van der Waals surface area contributed by atoms with Gasteiger partial charge in [-0.1, -0.05) is 26.2 Å². The van der Waals surface area contributed by atoms with Crippen molar-refractivity contribution < 1.29 is 0 Å². The van der Waals surface area contributed by atoms with Gasteiger partial charge in [0.05, 0.1) is 9.16 Å². The molecule has 0 aliphatic heterocycles. The molecule has 1 atom stereocenters. The summed E-state index contributed by atoms with van der Waals surface area (Å²) >= 11 is 11.9. The lowest BCUT2D eigenvalue weighted by Gasteiger charge is -2.37. The lowest BCUT2D eigenvalue weighted by molar-refractivity contribution is 0.208. The van der Waals surface area contributed by atoms with Crippen molar-refractivity contribution in [2.75, 3.05) is 0 Å². The summed E-state index contributed by atoms with van der Waals surface area (Å²) in [6.45, 7) is 2.34. The summed E-state index contributed by atoms with van der Waals surface area (Å²) in [4.78, 5) is 1.31. The van der Waals surface area contributed by atoms with Crippen LogP contribution in [0.5, 0.6) is 0 Å². The Morgan fingerprint density at radius 3 is 2.53 bits per heavy atom. The predicted molar refractivity (Wildman–Crippen MR) is 71.8 cm³/mol. The van der Waals surface area contributed by atoms with Crippen LogP contribution in [0.4, 0.5) is 0 Å². The molecule has 0 aromatic carbocycles. The van der Waals surface area contributed by atoms with Gasteiger partial charge in [0.15, 0.2) is 0 Å². The van der Waals surface area contributed by atoms with Crippen LogP contribution in [-0.4, -0.2) is 0 Å². The van der Waals surface area contributed by atoms with Gasteiger partial charge >= 0.3 is 0 Å². The van der Waals surface area contributed by atoms with Gasteiger partial charge in [0.25, 0.3) is 0 Å². The van der Waals surface area contributed by atoms with E-state index in [2.05, 4.69) is 35.0 Å². The largest absolute Gasteiger partial charge is 0.132 e. The van der Waals surface area contributed by atoms with Gasteiger partial charge in [0, 0.05) is 4.88 Å². The summed E-state index contributed by atoms with van der Waals surface area (Å²) in [6.07, 6.45) is 6.61. The minimum atomic E-state index is 0.189. The van der Waals surface area contributed by atoms with E-state index in [-0.39, 0.29) is 5.38 Å². The van der Waals surface area contributed by atoms with Crippen LogP contribution >= 0.6 is 38.9 Å². The number of alkyl halides is 1. The maximum atomic E-state index is 6.63. The molecular formula is C12H16BrClS. The van der Waals surface area contributed by atoms with E-state index in [4.69, 9.17) is 11.6 Å². The molecule has 15 heavy (non-hydrogen) atoms. The van der Waals surface area contributed by atoms with Gasteiger partial charge in [-0.05, 0) is 46.3 Å². The van der Waals surface area contributed by atoms with Gasteiger partial charge in [-0.2, -0.15) is 0 Å². The number of hydrogen-bond donors (Lipinski definition) is 0. The molecule has 0 bridgehead atoms. The fourth-order valence-electron chi connectivity index (χ4n) is 2.42. The molecule has 1 aliphatic carbocycles. The Kier molecular flexibility index (Phi) is 3.79. The Morgan fingerprint density at radius 2 is 2.00 bits per heavy atom. The van der Waals surface area contributed by atoms with E-state index in [1.807, 2.05) is 0 Å². The van der Waals surface area contributed by atoms with Gasteiger partial charge < -0.3 is 0 Å². The molecule has 1 fully saturated rings. The van der Waals surface area contributed by atoms with Gasteiger partial charge in [-0.3, -0.25) is 0 Å². The van der Waals surface area contributed by atoms with Crippen molar-refractivity contribution in [3.63, 3.8) is 0 Å². The Bertz CT molecular complexity index is 328. The highest BCUT2D eigenvalue weighted by atomic mass is 79.9. The molecule has 1 unspecified atom stereocenters. The third-order valence-corrected chi connectivity index (χ3v) is 6.03.